The van der Waals surface area contributed by atoms with Crippen molar-refractivity contribution in [3.05, 3.63) is 34.7 Å². The first-order chi connectivity index (χ1) is 8.02. The van der Waals surface area contributed by atoms with Crippen LogP contribution in [0.3, 0.4) is 0 Å². The number of pyridine rings is 1. The van der Waals surface area contributed by atoms with Crippen LogP contribution < -0.4 is 0 Å². The summed E-state index contributed by atoms with van der Waals surface area (Å²) in [7, 11) is 0. The van der Waals surface area contributed by atoms with Crippen LogP contribution in [0.2, 0.25) is 0 Å². The molecule has 1 rings (SSSR count). The highest BCUT2D eigenvalue weighted by Crippen LogP contribution is 2.18. The third-order valence-electron chi connectivity index (χ3n) is 1.71. The van der Waals surface area contributed by atoms with Crippen LogP contribution in [0.15, 0.2) is 33.9 Å². The number of ether oxygens (including phenoxy) is 1. The lowest BCUT2D eigenvalue weighted by atomic mass is 10.3. The minimum atomic E-state index is -0.489. The Bertz CT molecular complexity index is 461. The second kappa shape index (κ2) is 6.34. The van der Waals surface area contributed by atoms with Gasteiger partial charge in [0.05, 0.1) is 18.5 Å². The lowest BCUT2D eigenvalue weighted by molar-refractivity contribution is 0.103. The normalized spacial score (nSPS) is 12.7. The summed E-state index contributed by atoms with van der Waals surface area (Å²) in [5, 5.41) is 9.26. The zero-order valence-corrected chi connectivity index (χ0v) is 11.0. The van der Waals surface area contributed by atoms with E-state index in [9.17, 15) is 9.50 Å². The quantitative estimate of drug-likeness (QED) is 0.526. The maximum Gasteiger partial charge on any atom is 0.278 e. The molecule has 0 fully saturated rings. The van der Waals surface area contributed by atoms with Crippen LogP contribution in [0.25, 0.3) is 0 Å². The van der Waals surface area contributed by atoms with Crippen LogP contribution >= 0.6 is 15.9 Å². The van der Waals surface area contributed by atoms with Crippen molar-refractivity contribution in [2.45, 2.75) is 13.8 Å². The Kier molecular flexibility index (Phi) is 5.09. The van der Waals surface area contributed by atoms with Gasteiger partial charge in [0, 0.05) is 17.9 Å². The van der Waals surface area contributed by atoms with Crippen molar-refractivity contribution in [1.29, 1.82) is 0 Å². The molecule has 0 saturated heterocycles. The van der Waals surface area contributed by atoms with E-state index in [0.29, 0.717) is 18.0 Å². The Morgan fingerprint density at radius 1 is 1.71 bits per heavy atom. The molecule has 17 heavy (non-hydrogen) atoms. The van der Waals surface area contributed by atoms with Gasteiger partial charge in [0.25, 0.3) is 5.95 Å². The number of rotatable bonds is 4. The maximum absolute atomic E-state index is 13.1. The van der Waals surface area contributed by atoms with Gasteiger partial charge in [-0.25, -0.2) is 9.37 Å². The SMILES string of the molecule is CCO/C(O)=C\C(C)=N/c1cnc(Br)c(F)c1. The predicted octanol–water partition coefficient (Wildman–Crippen LogP) is 3.51. The average molecular weight is 303 g/mol. The summed E-state index contributed by atoms with van der Waals surface area (Å²) < 4.78 is 18.1. The molecule has 0 amide bonds. The van der Waals surface area contributed by atoms with E-state index in [1.165, 1.54) is 18.3 Å². The van der Waals surface area contributed by atoms with Crippen LogP contribution in [0.4, 0.5) is 10.1 Å². The summed E-state index contributed by atoms with van der Waals surface area (Å²) in [5.74, 6) is -0.712. The number of aromatic nitrogens is 1. The highest BCUT2D eigenvalue weighted by atomic mass is 79.9. The Morgan fingerprint density at radius 3 is 3.00 bits per heavy atom. The molecule has 0 aliphatic carbocycles. The van der Waals surface area contributed by atoms with E-state index in [1.807, 2.05) is 0 Å². The summed E-state index contributed by atoms with van der Waals surface area (Å²) in [6.45, 7) is 3.78. The summed E-state index contributed by atoms with van der Waals surface area (Å²) in [6.07, 6.45) is 2.77. The first kappa shape index (κ1) is 13.6. The highest BCUT2D eigenvalue weighted by molar-refractivity contribution is 9.10. The molecule has 0 bridgehead atoms. The van der Waals surface area contributed by atoms with Gasteiger partial charge in [-0.1, -0.05) is 0 Å². The summed E-state index contributed by atoms with van der Waals surface area (Å²) in [4.78, 5) is 7.83. The molecule has 0 aliphatic heterocycles. The molecule has 6 heteroatoms. The lowest BCUT2D eigenvalue weighted by Gasteiger charge is -2.00. The Labute approximate surface area is 107 Å². The number of aliphatic imine (C=N–C) groups is 1. The molecule has 0 aromatic carbocycles. The molecule has 1 N–H and O–H groups in total. The smallest absolute Gasteiger partial charge is 0.278 e. The van der Waals surface area contributed by atoms with Gasteiger partial charge in [-0.3, -0.25) is 4.99 Å². The molecule has 0 atom stereocenters. The largest absolute Gasteiger partial charge is 0.481 e. The number of aliphatic hydroxyl groups is 1. The van der Waals surface area contributed by atoms with Gasteiger partial charge in [-0.2, -0.15) is 0 Å². The predicted molar refractivity (Wildman–Crippen MR) is 67.0 cm³/mol. The van der Waals surface area contributed by atoms with Crippen molar-refractivity contribution >= 4 is 27.3 Å². The third kappa shape index (κ3) is 4.52. The van der Waals surface area contributed by atoms with E-state index in [2.05, 4.69) is 25.9 Å². The molecular weight excluding hydrogens is 291 g/mol. The molecule has 0 saturated carbocycles. The van der Waals surface area contributed by atoms with Crippen molar-refractivity contribution in [1.82, 2.24) is 4.98 Å². The van der Waals surface area contributed by atoms with Crippen molar-refractivity contribution < 1.29 is 14.2 Å². The van der Waals surface area contributed by atoms with E-state index in [0.717, 1.165) is 0 Å². The Hall–Kier alpha value is -1.43. The lowest BCUT2D eigenvalue weighted by Crippen LogP contribution is -1.94. The van der Waals surface area contributed by atoms with Crippen LogP contribution in [0.1, 0.15) is 13.8 Å². The van der Waals surface area contributed by atoms with Gasteiger partial charge in [0.15, 0.2) is 5.82 Å². The van der Waals surface area contributed by atoms with Gasteiger partial charge >= 0.3 is 0 Å². The molecule has 0 spiro atoms. The Morgan fingerprint density at radius 2 is 2.41 bits per heavy atom. The maximum atomic E-state index is 13.1. The molecule has 0 aliphatic rings. The molecular formula is C11H12BrFN2O2. The second-order valence-electron chi connectivity index (χ2n) is 3.13. The van der Waals surface area contributed by atoms with E-state index in [-0.39, 0.29) is 10.5 Å². The average Bonchev–Trinajstić information content (AvgIpc) is 2.23. The van der Waals surface area contributed by atoms with E-state index >= 15 is 0 Å². The molecule has 1 heterocycles. The fraction of sp³-hybridized carbons (Fsp3) is 0.273. The van der Waals surface area contributed by atoms with Crippen molar-refractivity contribution in [3.8, 4) is 0 Å². The fourth-order valence-corrected chi connectivity index (χ4v) is 1.29. The summed E-state index contributed by atoms with van der Waals surface area (Å²) in [6, 6.07) is 1.24. The Balaban J connectivity index is 2.87. The molecule has 1 aromatic heterocycles. The third-order valence-corrected chi connectivity index (χ3v) is 2.30. The molecule has 0 unspecified atom stereocenters. The number of hydrogen-bond donors (Lipinski definition) is 1. The first-order valence-corrected chi connectivity index (χ1v) is 5.72. The topological polar surface area (TPSA) is 54.7 Å². The van der Waals surface area contributed by atoms with Crippen molar-refractivity contribution in [3.63, 3.8) is 0 Å². The van der Waals surface area contributed by atoms with Crippen molar-refractivity contribution in [2.75, 3.05) is 6.61 Å². The first-order valence-electron chi connectivity index (χ1n) is 4.92. The van der Waals surface area contributed by atoms with Crippen molar-refractivity contribution in [2.24, 2.45) is 4.99 Å². The van der Waals surface area contributed by atoms with Crippen LogP contribution in [0.5, 0.6) is 0 Å². The number of hydrogen-bond acceptors (Lipinski definition) is 4. The van der Waals surface area contributed by atoms with Crippen LogP contribution in [-0.2, 0) is 4.74 Å². The van der Waals surface area contributed by atoms with E-state index in [4.69, 9.17) is 4.74 Å². The highest BCUT2D eigenvalue weighted by Gasteiger charge is 2.01. The summed E-state index contributed by atoms with van der Waals surface area (Å²) in [5.41, 5.74) is 0.850. The number of aliphatic hydroxyl groups excluding tert-OH is 1. The number of halogens is 2. The van der Waals surface area contributed by atoms with E-state index < -0.39 is 5.82 Å². The molecule has 0 radical (unpaired) electrons. The minimum Gasteiger partial charge on any atom is -0.481 e. The summed E-state index contributed by atoms with van der Waals surface area (Å²) >= 11 is 2.95. The van der Waals surface area contributed by atoms with E-state index in [1.54, 1.807) is 13.8 Å². The van der Waals surface area contributed by atoms with Crippen LogP contribution in [-0.4, -0.2) is 22.4 Å². The molecule has 92 valence electrons. The number of nitrogens with zero attached hydrogens (tertiary/aromatic N) is 2. The zero-order valence-electron chi connectivity index (χ0n) is 9.44. The molecule has 4 nitrogen and oxygen atoms in total. The zero-order chi connectivity index (χ0) is 12.8. The van der Waals surface area contributed by atoms with Gasteiger partial charge in [0.2, 0.25) is 0 Å². The minimum absolute atomic E-state index is 0.141. The standard InChI is InChI=1S/C11H12BrFN2O2/c1-3-17-10(16)4-7(2)15-8-5-9(13)11(12)14-6-8/h4-6,16H,3H2,1-2H3/b10-4-,15-7-. The van der Waals surface area contributed by atoms with Crippen LogP contribution in [0, 0.1) is 5.82 Å². The monoisotopic (exact) mass is 302 g/mol. The second-order valence-corrected chi connectivity index (χ2v) is 3.89. The van der Waals surface area contributed by atoms with Gasteiger partial charge in [-0.15, -0.1) is 0 Å². The van der Waals surface area contributed by atoms with Gasteiger partial charge < -0.3 is 9.84 Å². The fourth-order valence-electron chi connectivity index (χ4n) is 1.08. The van der Waals surface area contributed by atoms with Gasteiger partial charge in [0.1, 0.15) is 4.60 Å². The number of allylic oxidation sites excluding steroid dienone is 1. The molecule has 1 aromatic rings. The van der Waals surface area contributed by atoms with Gasteiger partial charge in [-0.05, 0) is 29.8 Å².